The van der Waals surface area contributed by atoms with Gasteiger partial charge in [-0.1, -0.05) is 204 Å². The molecule has 0 saturated heterocycles. The zero-order chi connectivity index (χ0) is 41.0. The van der Waals surface area contributed by atoms with Crippen LogP contribution in [0.25, 0.3) is 0 Å². The van der Waals surface area contributed by atoms with Gasteiger partial charge in [0.2, 0.25) is 5.91 Å². The molecule has 0 heterocycles. The topological polar surface area (TPSA) is 110 Å². The lowest BCUT2D eigenvalue weighted by atomic mass is 10.00. The molecule has 0 aromatic rings. The highest BCUT2D eigenvalue weighted by molar-refractivity contribution is 5.80. The molecule has 0 aliphatic carbocycles. The van der Waals surface area contributed by atoms with E-state index in [0.717, 1.165) is 64.2 Å². The first-order valence-corrected chi connectivity index (χ1v) is 24.0. The van der Waals surface area contributed by atoms with Crippen molar-refractivity contribution in [3.8, 4) is 0 Å². The summed E-state index contributed by atoms with van der Waals surface area (Å²) in [5, 5.41) is 43.7. The van der Waals surface area contributed by atoms with Crippen LogP contribution in [0.4, 0.5) is 0 Å². The van der Waals surface area contributed by atoms with Crippen molar-refractivity contribution in [2.24, 2.45) is 0 Å². The number of hydrogen-bond donors (Lipinski definition) is 5. The van der Waals surface area contributed by atoms with E-state index in [-0.39, 0.29) is 0 Å². The highest BCUT2D eigenvalue weighted by Crippen LogP contribution is 2.16. The summed E-state index contributed by atoms with van der Waals surface area (Å²) >= 11 is 0. The number of carbonyl (C=O) groups is 1. The third-order valence-electron chi connectivity index (χ3n) is 11.0. The molecule has 5 N–H and O–H groups in total. The monoisotopic (exact) mass is 788 g/mol. The number of aliphatic hydroxyl groups is 4. The summed E-state index contributed by atoms with van der Waals surface area (Å²) < 4.78 is 0. The molecule has 0 aromatic carbocycles. The van der Waals surface area contributed by atoms with Gasteiger partial charge in [0.1, 0.15) is 12.2 Å². The smallest absolute Gasteiger partial charge is 0.249 e. The van der Waals surface area contributed by atoms with Crippen molar-refractivity contribution >= 4 is 5.91 Å². The minimum absolute atomic E-state index is 0.340. The molecule has 6 nitrogen and oxygen atoms in total. The summed E-state index contributed by atoms with van der Waals surface area (Å²) in [6, 6.07) is -1.02. The molecule has 0 rings (SSSR count). The van der Waals surface area contributed by atoms with Crippen molar-refractivity contribution in [3.63, 3.8) is 0 Å². The molecule has 328 valence electrons. The zero-order valence-electron chi connectivity index (χ0n) is 36.9. The van der Waals surface area contributed by atoms with Crippen LogP contribution in [0.5, 0.6) is 0 Å². The molecular formula is C50H93NO5. The van der Waals surface area contributed by atoms with Crippen LogP contribution in [0, 0.1) is 0 Å². The van der Waals surface area contributed by atoms with Crippen LogP contribution in [0.2, 0.25) is 0 Å². The predicted molar refractivity (Wildman–Crippen MR) is 242 cm³/mol. The van der Waals surface area contributed by atoms with E-state index >= 15 is 0 Å². The summed E-state index contributed by atoms with van der Waals surface area (Å²) in [6.45, 7) is 4.00. The van der Waals surface area contributed by atoms with E-state index in [1.165, 1.54) is 135 Å². The fourth-order valence-electron chi connectivity index (χ4n) is 7.18. The van der Waals surface area contributed by atoms with Gasteiger partial charge >= 0.3 is 0 Å². The Kier molecular flexibility index (Phi) is 43.0. The number of amides is 1. The second-order valence-corrected chi connectivity index (χ2v) is 16.5. The van der Waals surface area contributed by atoms with Gasteiger partial charge in [0, 0.05) is 0 Å². The van der Waals surface area contributed by atoms with Crippen molar-refractivity contribution < 1.29 is 25.2 Å². The summed E-state index contributed by atoms with van der Waals surface area (Å²) in [6.07, 6.45) is 54.5. The Morgan fingerprint density at radius 3 is 1.27 bits per heavy atom. The summed E-state index contributed by atoms with van der Waals surface area (Å²) in [7, 11) is 0. The number of nitrogens with one attached hydrogen (secondary N) is 1. The first kappa shape index (κ1) is 54.3. The van der Waals surface area contributed by atoms with E-state index in [4.69, 9.17) is 0 Å². The van der Waals surface area contributed by atoms with Crippen molar-refractivity contribution in [2.75, 3.05) is 6.61 Å². The van der Waals surface area contributed by atoms with E-state index in [0.29, 0.717) is 19.3 Å². The average Bonchev–Trinajstić information content (AvgIpc) is 3.20. The Bertz CT molecular complexity index is 930. The Morgan fingerprint density at radius 1 is 0.446 bits per heavy atom. The van der Waals surface area contributed by atoms with Crippen LogP contribution in [0.3, 0.4) is 0 Å². The molecular weight excluding hydrogens is 695 g/mol. The minimum Gasteiger partial charge on any atom is -0.394 e. The molecule has 56 heavy (non-hydrogen) atoms. The molecule has 0 aliphatic rings. The van der Waals surface area contributed by atoms with Gasteiger partial charge in [0.25, 0.3) is 0 Å². The summed E-state index contributed by atoms with van der Waals surface area (Å²) in [5.41, 5.74) is 0. The van der Waals surface area contributed by atoms with Gasteiger partial charge in [0.15, 0.2) is 0 Å². The van der Waals surface area contributed by atoms with Gasteiger partial charge in [-0.15, -0.1) is 0 Å². The Balaban J connectivity index is 3.75. The van der Waals surface area contributed by atoms with Crippen molar-refractivity contribution in [2.45, 2.75) is 257 Å². The average molecular weight is 788 g/mol. The van der Waals surface area contributed by atoms with Crippen LogP contribution in [0.15, 0.2) is 48.6 Å². The fraction of sp³-hybridized carbons (Fsp3) is 0.820. The molecule has 1 amide bonds. The van der Waals surface area contributed by atoms with E-state index < -0.39 is 36.9 Å². The maximum absolute atomic E-state index is 12.5. The Labute approximate surface area is 347 Å². The third-order valence-corrected chi connectivity index (χ3v) is 11.0. The van der Waals surface area contributed by atoms with Crippen LogP contribution in [0.1, 0.15) is 232 Å². The van der Waals surface area contributed by atoms with Gasteiger partial charge in [-0.25, -0.2) is 0 Å². The largest absolute Gasteiger partial charge is 0.394 e. The highest BCUT2D eigenvalue weighted by Gasteiger charge is 2.28. The molecule has 0 fully saturated rings. The lowest BCUT2D eigenvalue weighted by Crippen LogP contribution is -2.53. The Hall–Kier alpha value is -1.73. The molecule has 4 atom stereocenters. The van der Waals surface area contributed by atoms with Crippen molar-refractivity contribution in [1.82, 2.24) is 5.32 Å². The standard InChI is InChI=1S/C50H93NO5/c1-3-5-7-9-11-13-15-17-19-20-21-22-23-24-25-26-27-28-29-30-32-33-35-37-39-41-43-47(53)49(55)46(45-52)51-50(56)48(54)44-42-40-38-36-34-31-18-16-14-12-10-8-6-4-2/h12,14,16,18,29-30,35,37,46-49,52-55H,3-11,13,15,17,19-28,31-34,36,38-45H2,1-2H3,(H,51,56)/b14-12-,18-16-,30-29+,37-35+. The van der Waals surface area contributed by atoms with Gasteiger partial charge in [-0.2, -0.15) is 0 Å². The number of carbonyl (C=O) groups excluding carboxylic acids is 1. The molecule has 0 radical (unpaired) electrons. The molecule has 0 spiro atoms. The van der Waals surface area contributed by atoms with Crippen molar-refractivity contribution in [1.29, 1.82) is 0 Å². The normalized spacial score (nSPS) is 14.5. The maximum atomic E-state index is 12.5. The molecule has 6 heteroatoms. The van der Waals surface area contributed by atoms with Crippen LogP contribution < -0.4 is 5.32 Å². The maximum Gasteiger partial charge on any atom is 0.249 e. The third kappa shape index (κ3) is 37.8. The molecule has 0 bridgehead atoms. The number of aliphatic hydroxyl groups excluding tert-OH is 4. The van der Waals surface area contributed by atoms with Gasteiger partial charge in [-0.05, 0) is 77.0 Å². The predicted octanol–water partition coefficient (Wildman–Crippen LogP) is 13.1. The van der Waals surface area contributed by atoms with E-state index in [2.05, 4.69) is 67.8 Å². The number of rotatable bonds is 43. The van der Waals surface area contributed by atoms with Gasteiger partial charge < -0.3 is 25.7 Å². The first-order valence-electron chi connectivity index (χ1n) is 24.0. The lowest BCUT2D eigenvalue weighted by Gasteiger charge is -2.27. The quantitative estimate of drug-likeness (QED) is 0.0240. The molecule has 4 unspecified atom stereocenters. The Morgan fingerprint density at radius 2 is 0.804 bits per heavy atom. The SMILES string of the molecule is CCCCC/C=C\C=C/CCCCCCCC(O)C(=O)NC(CO)C(O)C(O)CCC/C=C/CC/C=C/CCCCCCCCCCCCCCCCCCC. The van der Waals surface area contributed by atoms with E-state index in [1.807, 2.05) is 0 Å². The second-order valence-electron chi connectivity index (χ2n) is 16.5. The van der Waals surface area contributed by atoms with Gasteiger partial charge in [0.05, 0.1) is 18.8 Å². The van der Waals surface area contributed by atoms with E-state index in [1.54, 1.807) is 0 Å². The minimum atomic E-state index is -1.30. The zero-order valence-corrected chi connectivity index (χ0v) is 36.9. The fourth-order valence-corrected chi connectivity index (χ4v) is 7.18. The number of allylic oxidation sites excluding steroid dienone is 8. The van der Waals surface area contributed by atoms with Crippen LogP contribution in [-0.4, -0.2) is 57.3 Å². The first-order chi connectivity index (χ1) is 27.5. The molecule has 0 aromatic heterocycles. The highest BCUT2D eigenvalue weighted by atomic mass is 16.3. The summed E-state index contributed by atoms with van der Waals surface area (Å²) in [4.78, 5) is 12.5. The summed E-state index contributed by atoms with van der Waals surface area (Å²) in [5.74, 6) is -0.611. The van der Waals surface area contributed by atoms with Crippen LogP contribution in [-0.2, 0) is 4.79 Å². The van der Waals surface area contributed by atoms with Crippen molar-refractivity contribution in [3.05, 3.63) is 48.6 Å². The van der Waals surface area contributed by atoms with Gasteiger partial charge in [-0.3, -0.25) is 4.79 Å². The van der Waals surface area contributed by atoms with E-state index in [9.17, 15) is 25.2 Å². The molecule has 0 saturated carbocycles. The van der Waals surface area contributed by atoms with Crippen LogP contribution >= 0.6 is 0 Å². The number of unbranched alkanes of at least 4 members (excludes halogenated alkanes) is 27. The molecule has 0 aliphatic heterocycles. The second kappa shape index (κ2) is 44.4. The lowest BCUT2D eigenvalue weighted by molar-refractivity contribution is -0.132. The number of hydrogen-bond acceptors (Lipinski definition) is 5.